The van der Waals surface area contributed by atoms with Gasteiger partial charge in [0.2, 0.25) is 0 Å². The number of hydrogen-bond donors (Lipinski definition) is 0. The fourth-order valence-electron chi connectivity index (χ4n) is 6.58. The van der Waals surface area contributed by atoms with Gasteiger partial charge in [0, 0.05) is 32.9 Å². The van der Waals surface area contributed by atoms with E-state index in [-0.39, 0.29) is 0 Å². The van der Waals surface area contributed by atoms with E-state index in [4.69, 9.17) is 8.83 Å². The van der Waals surface area contributed by atoms with Crippen LogP contribution >= 0.6 is 0 Å². The Balaban J connectivity index is 1.34. The highest BCUT2D eigenvalue weighted by atomic mass is 16.3. The van der Waals surface area contributed by atoms with E-state index in [2.05, 4.69) is 150 Å². The van der Waals surface area contributed by atoms with E-state index in [0.717, 1.165) is 77.6 Å². The molecule has 0 saturated heterocycles. The largest absolute Gasteiger partial charge is 0.456 e. The summed E-state index contributed by atoms with van der Waals surface area (Å²) in [4.78, 5) is 2.31. The maximum Gasteiger partial charge on any atom is 0.160 e. The number of furan rings is 2. The zero-order valence-corrected chi connectivity index (χ0v) is 24.4. The Kier molecular flexibility index (Phi) is 5.82. The van der Waals surface area contributed by atoms with E-state index in [0.29, 0.717) is 0 Å². The molecule has 2 heterocycles. The van der Waals surface area contributed by atoms with Crippen LogP contribution in [0.2, 0.25) is 0 Å². The average Bonchev–Trinajstić information content (AvgIpc) is 3.68. The molecule has 0 N–H and O–H groups in total. The molecule has 0 aliphatic carbocycles. The number of fused-ring (bicyclic) bond motifs is 6. The van der Waals surface area contributed by atoms with Crippen LogP contribution in [-0.2, 0) is 0 Å². The van der Waals surface area contributed by atoms with Gasteiger partial charge in [0.05, 0.1) is 5.69 Å². The Bertz CT molecular complexity index is 2490. The summed E-state index contributed by atoms with van der Waals surface area (Å²) in [5.41, 5.74) is 11.1. The Morgan fingerprint density at radius 3 is 1.80 bits per heavy atom. The van der Waals surface area contributed by atoms with Gasteiger partial charge >= 0.3 is 0 Å². The molecule has 0 spiro atoms. The lowest BCUT2D eigenvalue weighted by atomic mass is 9.98. The van der Waals surface area contributed by atoms with Crippen molar-refractivity contribution in [3.63, 3.8) is 0 Å². The summed E-state index contributed by atoms with van der Waals surface area (Å²) in [5, 5.41) is 4.38. The van der Waals surface area contributed by atoms with Gasteiger partial charge in [0.15, 0.2) is 5.58 Å². The molecule has 45 heavy (non-hydrogen) atoms. The Hall–Kier alpha value is -6.06. The summed E-state index contributed by atoms with van der Waals surface area (Å²) in [6.45, 7) is 0. The minimum Gasteiger partial charge on any atom is -0.456 e. The molecule has 0 radical (unpaired) electrons. The van der Waals surface area contributed by atoms with E-state index in [9.17, 15) is 0 Å². The van der Waals surface area contributed by atoms with E-state index < -0.39 is 0 Å². The molecular weight excluding hydrogens is 550 g/mol. The van der Waals surface area contributed by atoms with Crippen molar-refractivity contribution < 1.29 is 8.83 Å². The van der Waals surface area contributed by atoms with Crippen molar-refractivity contribution >= 4 is 60.9 Å². The second-order valence-electron chi connectivity index (χ2n) is 11.3. The zero-order valence-electron chi connectivity index (χ0n) is 24.4. The molecular formula is C42H27NO2. The van der Waals surface area contributed by atoms with Crippen LogP contribution in [0.25, 0.3) is 66.1 Å². The van der Waals surface area contributed by atoms with Crippen molar-refractivity contribution in [2.24, 2.45) is 0 Å². The van der Waals surface area contributed by atoms with Crippen LogP contribution in [0.4, 0.5) is 17.1 Å². The highest BCUT2D eigenvalue weighted by molar-refractivity contribution is 6.17. The van der Waals surface area contributed by atoms with E-state index in [1.807, 2.05) is 18.2 Å². The summed E-state index contributed by atoms with van der Waals surface area (Å²) in [7, 11) is 0. The fraction of sp³-hybridized carbons (Fsp3) is 0. The maximum absolute atomic E-state index is 6.77. The second-order valence-corrected chi connectivity index (χ2v) is 11.3. The summed E-state index contributed by atoms with van der Waals surface area (Å²) >= 11 is 0. The number of para-hydroxylation sites is 2. The monoisotopic (exact) mass is 577 g/mol. The van der Waals surface area contributed by atoms with Gasteiger partial charge < -0.3 is 13.7 Å². The lowest BCUT2D eigenvalue weighted by molar-refractivity contribution is 0.669. The van der Waals surface area contributed by atoms with Gasteiger partial charge in [-0.15, -0.1) is 0 Å². The van der Waals surface area contributed by atoms with Crippen molar-refractivity contribution in [3.05, 3.63) is 164 Å². The maximum atomic E-state index is 6.77. The van der Waals surface area contributed by atoms with Crippen LogP contribution in [0.5, 0.6) is 0 Å². The molecule has 0 amide bonds. The van der Waals surface area contributed by atoms with Crippen molar-refractivity contribution in [1.82, 2.24) is 0 Å². The van der Waals surface area contributed by atoms with Crippen molar-refractivity contribution in [2.75, 3.05) is 4.90 Å². The number of hydrogen-bond acceptors (Lipinski definition) is 3. The van der Waals surface area contributed by atoms with Gasteiger partial charge in [0.1, 0.15) is 16.7 Å². The van der Waals surface area contributed by atoms with E-state index in [1.165, 1.54) is 5.56 Å². The van der Waals surface area contributed by atoms with Crippen LogP contribution in [0.1, 0.15) is 0 Å². The molecule has 0 unspecified atom stereocenters. The third-order valence-electron chi connectivity index (χ3n) is 8.66. The SMILES string of the molecule is c1ccc(-c2cccc(N(c3ccc4oc5ccccc5c4c3)c3ccc(-c4ccccc4)c4c3oc3ccccc34)c2)cc1. The Morgan fingerprint density at radius 1 is 0.378 bits per heavy atom. The molecule has 2 aromatic heterocycles. The van der Waals surface area contributed by atoms with Gasteiger partial charge in [-0.05, 0) is 70.8 Å². The smallest absolute Gasteiger partial charge is 0.160 e. The molecule has 9 aromatic rings. The van der Waals surface area contributed by atoms with Crippen molar-refractivity contribution in [2.45, 2.75) is 0 Å². The second kappa shape index (κ2) is 10.3. The molecule has 3 heteroatoms. The van der Waals surface area contributed by atoms with Crippen LogP contribution in [0, 0.1) is 0 Å². The fourth-order valence-corrected chi connectivity index (χ4v) is 6.58. The molecule has 0 fully saturated rings. The van der Waals surface area contributed by atoms with Crippen LogP contribution in [-0.4, -0.2) is 0 Å². The number of benzene rings is 7. The third kappa shape index (κ3) is 4.21. The van der Waals surface area contributed by atoms with Crippen molar-refractivity contribution in [3.8, 4) is 22.3 Å². The van der Waals surface area contributed by atoms with E-state index in [1.54, 1.807) is 0 Å². The molecule has 212 valence electrons. The molecule has 0 aliphatic rings. The summed E-state index contributed by atoms with van der Waals surface area (Å²) < 4.78 is 13.0. The normalized spacial score (nSPS) is 11.6. The predicted octanol–water partition coefficient (Wildman–Crippen LogP) is 12.3. The van der Waals surface area contributed by atoms with Gasteiger partial charge in [0.25, 0.3) is 0 Å². The van der Waals surface area contributed by atoms with Crippen LogP contribution in [0.15, 0.2) is 173 Å². The van der Waals surface area contributed by atoms with Gasteiger partial charge in [-0.2, -0.15) is 0 Å². The Labute approximate surface area is 260 Å². The highest BCUT2D eigenvalue weighted by Crippen LogP contribution is 2.47. The third-order valence-corrected chi connectivity index (χ3v) is 8.66. The highest BCUT2D eigenvalue weighted by Gasteiger charge is 2.23. The quantitative estimate of drug-likeness (QED) is 0.204. The molecule has 0 bridgehead atoms. The lowest BCUT2D eigenvalue weighted by Gasteiger charge is -2.26. The zero-order chi connectivity index (χ0) is 29.7. The van der Waals surface area contributed by atoms with Crippen molar-refractivity contribution in [1.29, 1.82) is 0 Å². The first-order valence-corrected chi connectivity index (χ1v) is 15.2. The van der Waals surface area contributed by atoms with Gasteiger partial charge in [-0.25, -0.2) is 0 Å². The average molecular weight is 578 g/mol. The summed E-state index contributed by atoms with van der Waals surface area (Å²) in [5.74, 6) is 0. The standard InChI is InChI=1S/C42H27NO2/c1-3-12-28(13-4-1)30-16-11-17-31(26-30)43(32-22-25-40-36(27-32)34-18-7-9-20-38(34)44-40)37-24-23-33(29-14-5-2-6-15-29)41-35-19-8-10-21-39(35)45-42(37)41/h1-27H. The number of anilines is 3. The molecule has 0 saturated carbocycles. The first-order chi connectivity index (χ1) is 22.3. The molecule has 0 aliphatic heterocycles. The van der Waals surface area contributed by atoms with Gasteiger partial charge in [-0.3, -0.25) is 0 Å². The minimum atomic E-state index is 0.847. The number of rotatable bonds is 5. The van der Waals surface area contributed by atoms with Crippen LogP contribution < -0.4 is 4.90 Å². The topological polar surface area (TPSA) is 29.5 Å². The predicted molar refractivity (Wildman–Crippen MR) is 187 cm³/mol. The minimum absolute atomic E-state index is 0.847. The molecule has 9 rings (SSSR count). The first-order valence-electron chi connectivity index (χ1n) is 15.2. The molecule has 3 nitrogen and oxygen atoms in total. The van der Waals surface area contributed by atoms with E-state index >= 15 is 0 Å². The Morgan fingerprint density at radius 2 is 1.00 bits per heavy atom. The first kappa shape index (κ1) is 25.4. The molecule has 7 aromatic carbocycles. The molecule has 0 atom stereocenters. The lowest BCUT2D eigenvalue weighted by Crippen LogP contribution is -2.10. The number of nitrogens with zero attached hydrogens (tertiary/aromatic N) is 1. The van der Waals surface area contributed by atoms with Gasteiger partial charge in [-0.1, -0.05) is 115 Å². The van der Waals surface area contributed by atoms with Crippen LogP contribution in [0.3, 0.4) is 0 Å². The summed E-state index contributed by atoms with van der Waals surface area (Å²) in [6, 6.07) is 57.2. The summed E-state index contributed by atoms with van der Waals surface area (Å²) in [6.07, 6.45) is 0.